The van der Waals surface area contributed by atoms with Crippen LogP contribution in [0.1, 0.15) is 24.1 Å². The number of carbonyl (C=O) groups is 1. The van der Waals surface area contributed by atoms with Gasteiger partial charge < -0.3 is 15.1 Å². The van der Waals surface area contributed by atoms with Gasteiger partial charge in [-0.3, -0.25) is 0 Å². The SMILES string of the molecule is Cc1cc(N(C)C2CCN(C(=O)NCc3ccc(F)cc3)CC2)ncn1. The Morgan fingerprint density at radius 2 is 1.96 bits per heavy atom. The standard InChI is InChI=1S/C19H24FN5O/c1-14-11-18(23-13-22-14)24(2)17-7-9-25(10-8-17)19(26)21-12-15-3-5-16(20)6-4-15/h3-6,11,13,17H,7-10,12H2,1-2H3,(H,21,26). The maximum Gasteiger partial charge on any atom is 0.317 e. The highest BCUT2D eigenvalue weighted by atomic mass is 19.1. The second-order valence-corrected chi connectivity index (χ2v) is 6.63. The van der Waals surface area contributed by atoms with Crippen molar-refractivity contribution >= 4 is 11.8 Å². The first-order valence-corrected chi connectivity index (χ1v) is 8.81. The van der Waals surface area contributed by atoms with Gasteiger partial charge in [0.1, 0.15) is 18.0 Å². The highest BCUT2D eigenvalue weighted by Gasteiger charge is 2.25. The number of carbonyl (C=O) groups excluding carboxylic acids is 1. The van der Waals surface area contributed by atoms with Crippen molar-refractivity contribution in [3.8, 4) is 0 Å². The molecule has 138 valence electrons. The Labute approximate surface area is 153 Å². The number of amides is 2. The van der Waals surface area contributed by atoms with Gasteiger partial charge >= 0.3 is 6.03 Å². The number of piperidine rings is 1. The van der Waals surface area contributed by atoms with Crippen LogP contribution in [-0.2, 0) is 6.54 Å². The molecule has 1 aromatic heterocycles. The van der Waals surface area contributed by atoms with Gasteiger partial charge in [0.05, 0.1) is 0 Å². The maximum atomic E-state index is 12.9. The fourth-order valence-electron chi connectivity index (χ4n) is 3.17. The van der Waals surface area contributed by atoms with Crippen LogP contribution < -0.4 is 10.2 Å². The maximum absolute atomic E-state index is 12.9. The number of rotatable bonds is 4. The lowest BCUT2D eigenvalue weighted by molar-refractivity contribution is 0.180. The fraction of sp³-hybridized carbons (Fsp3) is 0.421. The van der Waals surface area contributed by atoms with E-state index >= 15 is 0 Å². The largest absolute Gasteiger partial charge is 0.356 e. The first-order valence-electron chi connectivity index (χ1n) is 8.81. The highest BCUT2D eigenvalue weighted by molar-refractivity contribution is 5.74. The van der Waals surface area contributed by atoms with Crippen LogP contribution in [0, 0.1) is 12.7 Å². The summed E-state index contributed by atoms with van der Waals surface area (Å²) in [5.74, 6) is 0.641. The van der Waals surface area contributed by atoms with Crippen LogP contribution >= 0.6 is 0 Å². The van der Waals surface area contributed by atoms with E-state index in [-0.39, 0.29) is 11.8 Å². The van der Waals surface area contributed by atoms with Gasteiger partial charge in [-0.1, -0.05) is 12.1 Å². The third-order valence-corrected chi connectivity index (χ3v) is 4.81. The zero-order valence-electron chi connectivity index (χ0n) is 15.2. The number of hydrogen-bond donors (Lipinski definition) is 1. The molecule has 2 amide bonds. The van der Waals surface area contributed by atoms with E-state index in [0.29, 0.717) is 25.7 Å². The van der Waals surface area contributed by atoms with Crippen LogP contribution in [-0.4, -0.2) is 47.1 Å². The van der Waals surface area contributed by atoms with Crippen molar-refractivity contribution in [1.29, 1.82) is 0 Å². The molecule has 3 rings (SSSR count). The van der Waals surface area contributed by atoms with Crippen molar-refractivity contribution in [3.63, 3.8) is 0 Å². The van der Waals surface area contributed by atoms with Crippen molar-refractivity contribution in [2.45, 2.75) is 32.4 Å². The minimum absolute atomic E-state index is 0.0756. The lowest BCUT2D eigenvalue weighted by Gasteiger charge is -2.37. The number of halogens is 1. The van der Waals surface area contributed by atoms with Crippen LogP contribution in [0.25, 0.3) is 0 Å². The molecule has 0 bridgehead atoms. The summed E-state index contributed by atoms with van der Waals surface area (Å²) < 4.78 is 12.9. The van der Waals surface area contributed by atoms with Gasteiger partial charge in [-0.05, 0) is 37.5 Å². The zero-order valence-corrected chi connectivity index (χ0v) is 15.2. The fourth-order valence-corrected chi connectivity index (χ4v) is 3.17. The third kappa shape index (κ3) is 4.47. The van der Waals surface area contributed by atoms with E-state index in [0.717, 1.165) is 29.9 Å². The molecule has 0 saturated carbocycles. The summed E-state index contributed by atoms with van der Waals surface area (Å²) in [5.41, 5.74) is 1.83. The number of benzene rings is 1. The number of likely N-dealkylation sites (tertiary alicyclic amines) is 1. The number of aromatic nitrogens is 2. The second kappa shape index (κ2) is 8.12. The summed E-state index contributed by atoms with van der Waals surface area (Å²) in [6.45, 7) is 3.76. The third-order valence-electron chi connectivity index (χ3n) is 4.81. The quantitative estimate of drug-likeness (QED) is 0.914. The van der Waals surface area contributed by atoms with Crippen LogP contribution in [0.3, 0.4) is 0 Å². The van der Waals surface area contributed by atoms with E-state index in [4.69, 9.17) is 0 Å². The number of anilines is 1. The molecule has 0 unspecified atom stereocenters. The second-order valence-electron chi connectivity index (χ2n) is 6.63. The molecule has 1 saturated heterocycles. The zero-order chi connectivity index (χ0) is 18.5. The van der Waals surface area contributed by atoms with Crippen molar-refractivity contribution in [3.05, 3.63) is 53.7 Å². The van der Waals surface area contributed by atoms with Gasteiger partial charge in [-0.15, -0.1) is 0 Å². The normalized spacial score (nSPS) is 15.0. The van der Waals surface area contributed by atoms with Crippen LogP contribution in [0.5, 0.6) is 0 Å². The Kier molecular flexibility index (Phi) is 5.65. The first kappa shape index (κ1) is 18.1. The molecule has 1 aromatic carbocycles. The minimum atomic E-state index is -0.273. The van der Waals surface area contributed by atoms with E-state index < -0.39 is 0 Å². The minimum Gasteiger partial charge on any atom is -0.356 e. The summed E-state index contributed by atoms with van der Waals surface area (Å²) in [6, 6.07) is 8.41. The molecule has 1 aliphatic rings. The Morgan fingerprint density at radius 1 is 1.27 bits per heavy atom. The lowest BCUT2D eigenvalue weighted by Crippen LogP contribution is -2.48. The molecule has 26 heavy (non-hydrogen) atoms. The van der Waals surface area contributed by atoms with Gasteiger partial charge in [-0.25, -0.2) is 19.2 Å². The summed E-state index contributed by atoms with van der Waals surface area (Å²) in [6.07, 6.45) is 3.37. The predicted molar refractivity (Wildman–Crippen MR) is 98.4 cm³/mol. The van der Waals surface area contributed by atoms with Crippen molar-refractivity contribution in [2.24, 2.45) is 0 Å². The molecule has 1 fully saturated rings. The monoisotopic (exact) mass is 357 g/mol. The summed E-state index contributed by atoms with van der Waals surface area (Å²) >= 11 is 0. The van der Waals surface area contributed by atoms with Crippen molar-refractivity contribution in [2.75, 3.05) is 25.0 Å². The van der Waals surface area contributed by atoms with Gasteiger partial charge in [0.2, 0.25) is 0 Å². The molecule has 1 N–H and O–H groups in total. The van der Waals surface area contributed by atoms with E-state index in [9.17, 15) is 9.18 Å². The molecule has 0 radical (unpaired) electrons. The number of hydrogen-bond acceptors (Lipinski definition) is 4. The lowest BCUT2D eigenvalue weighted by atomic mass is 10.0. The smallest absolute Gasteiger partial charge is 0.317 e. The molecule has 0 spiro atoms. The first-order chi connectivity index (χ1) is 12.5. The summed E-state index contributed by atoms with van der Waals surface area (Å²) in [5, 5.41) is 2.90. The molecule has 0 atom stereocenters. The molecule has 7 heteroatoms. The van der Waals surface area contributed by atoms with Gasteiger partial charge in [0.15, 0.2) is 0 Å². The highest BCUT2D eigenvalue weighted by Crippen LogP contribution is 2.20. The summed E-state index contributed by atoms with van der Waals surface area (Å²) in [7, 11) is 2.04. The molecule has 2 heterocycles. The molecular weight excluding hydrogens is 333 g/mol. The van der Waals surface area contributed by atoms with E-state index in [1.165, 1.54) is 12.1 Å². The number of nitrogens with zero attached hydrogens (tertiary/aromatic N) is 4. The molecule has 6 nitrogen and oxygen atoms in total. The topological polar surface area (TPSA) is 61.4 Å². The van der Waals surface area contributed by atoms with Crippen LogP contribution in [0.4, 0.5) is 15.0 Å². The van der Waals surface area contributed by atoms with Crippen molar-refractivity contribution < 1.29 is 9.18 Å². The van der Waals surface area contributed by atoms with Gasteiger partial charge in [0, 0.05) is 44.5 Å². The number of nitrogens with one attached hydrogen (secondary N) is 1. The van der Waals surface area contributed by atoms with Gasteiger partial charge in [-0.2, -0.15) is 0 Å². The molecule has 2 aromatic rings. The Morgan fingerprint density at radius 3 is 2.62 bits per heavy atom. The average molecular weight is 357 g/mol. The van der Waals surface area contributed by atoms with E-state index in [1.54, 1.807) is 18.5 Å². The summed E-state index contributed by atoms with van der Waals surface area (Å²) in [4.78, 5) is 24.8. The Hall–Kier alpha value is -2.70. The molecular formula is C19H24FN5O. The Balaban J connectivity index is 1.48. The predicted octanol–water partition coefficient (Wildman–Crippen LogP) is 2.73. The number of urea groups is 1. The van der Waals surface area contributed by atoms with E-state index in [1.807, 2.05) is 24.9 Å². The van der Waals surface area contributed by atoms with E-state index in [2.05, 4.69) is 20.2 Å². The van der Waals surface area contributed by atoms with Gasteiger partial charge in [0.25, 0.3) is 0 Å². The molecule has 1 aliphatic heterocycles. The Bertz CT molecular complexity index is 744. The number of aryl methyl sites for hydroxylation is 1. The van der Waals surface area contributed by atoms with Crippen molar-refractivity contribution in [1.82, 2.24) is 20.2 Å². The molecule has 0 aliphatic carbocycles. The van der Waals surface area contributed by atoms with Crippen LogP contribution in [0.15, 0.2) is 36.7 Å². The van der Waals surface area contributed by atoms with Crippen LogP contribution in [0.2, 0.25) is 0 Å². The average Bonchev–Trinajstić information content (AvgIpc) is 2.67.